The number of nitrogens with one attached hydrogen (secondary N) is 1. The molecule has 1 aliphatic heterocycles. The number of piperidine rings is 1. The second-order valence-electron chi connectivity index (χ2n) is 5.81. The Bertz CT molecular complexity index is 880. The molecule has 1 aromatic heterocycles. The lowest BCUT2D eigenvalue weighted by atomic mass is 10.2. The molecule has 132 valence electrons. The van der Waals surface area contributed by atoms with Crippen molar-refractivity contribution in [1.82, 2.24) is 9.29 Å². The number of amides is 1. The third kappa shape index (κ3) is 4.18. The van der Waals surface area contributed by atoms with E-state index in [1.165, 1.54) is 28.7 Å². The van der Waals surface area contributed by atoms with Gasteiger partial charge in [0.25, 0.3) is 5.91 Å². The van der Waals surface area contributed by atoms with Gasteiger partial charge in [-0.25, -0.2) is 8.42 Å². The van der Waals surface area contributed by atoms with E-state index in [1.54, 1.807) is 18.2 Å². The molecule has 1 N–H and O–H groups in total. The molecule has 8 heteroatoms. The Morgan fingerprint density at radius 1 is 1.12 bits per heavy atom. The molecule has 1 saturated heterocycles. The molecule has 1 aromatic carbocycles. The van der Waals surface area contributed by atoms with Crippen LogP contribution in [0.15, 0.2) is 47.5 Å². The quantitative estimate of drug-likeness (QED) is 0.884. The first kappa shape index (κ1) is 17.8. The minimum Gasteiger partial charge on any atom is -0.321 e. The fraction of sp³-hybridized carbons (Fsp3) is 0.294. The van der Waals surface area contributed by atoms with Crippen molar-refractivity contribution in [2.24, 2.45) is 0 Å². The number of nitrogens with zero attached hydrogens (tertiary/aromatic N) is 2. The van der Waals surface area contributed by atoms with Crippen molar-refractivity contribution in [3.05, 3.63) is 53.3 Å². The van der Waals surface area contributed by atoms with Crippen LogP contribution in [0.1, 0.15) is 29.8 Å². The molecule has 0 aliphatic carbocycles. The third-order valence-corrected chi connectivity index (χ3v) is 6.13. The Hall–Kier alpha value is -1.96. The van der Waals surface area contributed by atoms with Gasteiger partial charge >= 0.3 is 0 Å². The van der Waals surface area contributed by atoms with Crippen molar-refractivity contribution in [3.8, 4) is 0 Å². The lowest BCUT2D eigenvalue weighted by Crippen LogP contribution is -2.35. The lowest BCUT2D eigenvalue weighted by Gasteiger charge is -2.26. The lowest BCUT2D eigenvalue weighted by molar-refractivity contribution is 0.102. The maximum absolute atomic E-state index is 12.7. The highest BCUT2D eigenvalue weighted by Gasteiger charge is 2.26. The molecule has 3 rings (SSSR count). The Labute approximate surface area is 151 Å². The van der Waals surface area contributed by atoms with Crippen molar-refractivity contribution in [3.63, 3.8) is 0 Å². The summed E-state index contributed by atoms with van der Waals surface area (Å²) in [5, 5.41) is 3.06. The molecular formula is C17H18ClN3O3S. The number of carbonyl (C=O) groups is 1. The van der Waals surface area contributed by atoms with E-state index in [4.69, 9.17) is 11.6 Å². The number of hydrogen-bond donors (Lipinski definition) is 1. The van der Waals surface area contributed by atoms with Crippen molar-refractivity contribution < 1.29 is 13.2 Å². The molecule has 0 spiro atoms. The van der Waals surface area contributed by atoms with Crippen LogP contribution < -0.4 is 5.32 Å². The van der Waals surface area contributed by atoms with Gasteiger partial charge in [-0.3, -0.25) is 9.78 Å². The molecule has 0 radical (unpaired) electrons. The number of aromatic nitrogens is 1. The largest absolute Gasteiger partial charge is 0.321 e. The Kier molecular flexibility index (Phi) is 5.36. The van der Waals surface area contributed by atoms with E-state index in [2.05, 4.69) is 10.3 Å². The number of carbonyl (C=O) groups excluding carboxylic acids is 1. The zero-order valence-corrected chi connectivity index (χ0v) is 15.1. The van der Waals surface area contributed by atoms with Gasteiger partial charge in [-0.05, 0) is 43.2 Å². The highest BCUT2D eigenvalue weighted by atomic mass is 35.5. The zero-order chi connectivity index (χ0) is 17.9. The summed E-state index contributed by atoms with van der Waals surface area (Å²) in [6.45, 7) is 1.07. The molecular weight excluding hydrogens is 362 g/mol. The monoisotopic (exact) mass is 379 g/mol. The first-order valence-electron chi connectivity index (χ1n) is 8.00. The van der Waals surface area contributed by atoms with Crippen LogP contribution in [-0.4, -0.2) is 36.7 Å². The molecule has 25 heavy (non-hydrogen) atoms. The fourth-order valence-electron chi connectivity index (χ4n) is 2.71. The topological polar surface area (TPSA) is 79.4 Å². The van der Waals surface area contributed by atoms with Crippen LogP contribution in [-0.2, 0) is 10.0 Å². The Morgan fingerprint density at radius 2 is 1.88 bits per heavy atom. The summed E-state index contributed by atoms with van der Waals surface area (Å²) in [5.41, 5.74) is 0.557. The van der Waals surface area contributed by atoms with Crippen LogP contribution in [0.25, 0.3) is 0 Å². The zero-order valence-electron chi connectivity index (χ0n) is 13.5. The summed E-state index contributed by atoms with van der Waals surface area (Å²) in [6.07, 6.45) is 4.23. The summed E-state index contributed by atoms with van der Waals surface area (Å²) >= 11 is 5.86. The van der Waals surface area contributed by atoms with Crippen molar-refractivity contribution in [1.29, 1.82) is 0 Å². The summed E-state index contributed by atoms with van der Waals surface area (Å²) in [6, 6.07) is 9.27. The maximum Gasteiger partial charge on any atom is 0.274 e. The van der Waals surface area contributed by atoms with Gasteiger partial charge in [0.15, 0.2) is 0 Å². The number of sulfonamides is 1. The SMILES string of the molecule is O=C(Nc1cccc(S(=O)(=O)N2CCCCC2)c1)c1cc(Cl)ccn1. The van der Waals surface area contributed by atoms with Crippen LogP contribution >= 0.6 is 11.6 Å². The maximum atomic E-state index is 12.7. The molecule has 0 saturated carbocycles. The van der Waals surface area contributed by atoms with Gasteiger partial charge in [0, 0.05) is 30.0 Å². The standard InChI is InChI=1S/C17H18ClN3O3S/c18-13-7-8-19-16(11-13)17(22)20-14-5-4-6-15(12-14)25(23,24)21-9-2-1-3-10-21/h4-8,11-12H,1-3,9-10H2,(H,20,22). The number of anilines is 1. The normalized spacial score (nSPS) is 15.7. The molecule has 0 atom stereocenters. The number of halogens is 1. The first-order valence-corrected chi connectivity index (χ1v) is 9.82. The second-order valence-corrected chi connectivity index (χ2v) is 8.18. The number of rotatable bonds is 4. The van der Waals surface area contributed by atoms with E-state index in [9.17, 15) is 13.2 Å². The molecule has 0 bridgehead atoms. The first-order chi connectivity index (χ1) is 12.0. The smallest absolute Gasteiger partial charge is 0.274 e. The van der Waals surface area contributed by atoms with E-state index < -0.39 is 15.9 Å². The molecule has 0 unspecified atom stereocenters. The van der Waals surface area contributed by atoms with Gasteiger partial charge in [0.2, 0.25) is 10.0 Å². The van der Waals surface area contributed by atoms with Crippen molar-refractivity contribution in [2.45, 2.75) is 24.2 Å². The van der Waals surface area contributed by atoms with Gasteiger partial charge < -0.3 is 5.32 Å². The van der Waals surface area contributed by atoms with E-state index in [0.29, 0.717) is 23.8 Å². The van der Waals surface area contributed by atoms with Crippen LogP contribution in [0.5, 0.6) is 0 Å². The average molecular weight is 380 g/mol. The van der Waals surface area contributed by atoms with Crippen LogP contribution in [0.3, 0.4) is 0 Å². The Morgan fingerprint density at radius 3 is 2.60 bits per heavy atom. The highest BCUT2D eigenvalue weighted by molar-refractivity contribution is 7.89. The van der Waals surface area contributed by atoms with E-state index in [-0.39, 0.29) is 10.6 Å². The van der Waals surface area contributed by atoms with Gasteiger partial charge in [-0.15, -0.1) is 0 Å². The molecule has 6 nitrogen and oxygen atoms in total. The number of pyridine rings is 1. The predicted octanol–water partition coefficient (Wildman–Crippen LogP) is 3.16. The van der Waals surface area contributed by atoms with Gasteiger partial charge in [-0.1, -0.05) is 24.1 Å². The van der Waals surface area contributed by atoms with Crippen LogP contribution in [0.4, 0.5) is 5.69 Å². The predicted molar refractivity (Wildman–Crippen MR) is 96.3 cm³/mol. The third-order valence-electron chi connectivity index (χ3n) is 4.00. The van der Waals surface area contributed by atoms with Gasteiger partial charge in [0.1, 0.15) is 5.69 Å². The second kappa shape index (κ2) is 7.51. The van der Waals surface area contributed by atoms with E-state index >= 15 is 0 Å². The average Bonchev–Trinajstić information content (AvgIpc) is 2.62. The van der Waals surface area contributed by atoms with Crippen molar-refractivity contribution >= 4 is 33.2 Å². The number of benzene rings is 1. The van der Waals surface area contributed by atoms with Crippen molar-refractivity contribution in [2.75, 3.05) is 18.4 Å². The number of hydrogen-bond acceptors (Lipinski definition) is 4. The van der Waals surface area contributed by atoms with Gasteiger partial charge in [-0.2, -0.15) is 4.31 Å². The molecule has 1 amide bonds. The summed E-state index contributed by atoms with van der Waals surface area (Å²) in [4.78, 5) is 16.4. The summed E-state index contributed by atoms with van der Waals surface area (Å²) < 4.78 is 26.9. The van der Waals surface area contributed by atoms with E-state index in [1.807, 2.05) is 0 Å². The molecule has 1 aliphatic rings. The summed E-state index contributed by atoms with van der Waals surface area (Å²) in [5.74, 6) is -0.449. The van der Waals surface area contributed by atoms with Gasteiger partial charge in [0.05, 0.1) is 4.90 Å². The molecule has 2 aromatic rings. The minimum atomic E-state index is -3.55. The van der Waals surface area contributed by atoms with E-state index in [0.717, 1.165) is 19.3 Å². The van der Waals surface area contributed by atoms with Crippen LogP contribution in [0, 0.1) is 0 Å². The minimum absolute atomic E-state index is 0.164. The summed E-state index contributed by atoms with van der Waals surface area (Å²) in [7, 11) is -3.55. The molecule has 1 fully saturated rings. The Balaban J connectivity index is 1.80. The highest BCUT2D eigenvalue weighted by Crippen LogP contribution is 2.23. The fourth-order valence-corrected chi connectivity index (χ4v) is 4.44. The molecule has 2 heterocycles. The van der Waals surface area contributed by atoms with Crippen LogP contribution in [0.2, 0.25) is 5.02 Å².